The first-order valence-electron chi connectivity index (χ1n) is 10.5. The van der Waals surface area contributed by atoms with Crippen LogP contribution in [0.25, 0.3) is 0 Å². The summed E-state index contributed by atoms with van der Waals surface area (Å²) in [6.45, 7) is 1.31. The van der Waals surface area contributed by atoms with Gasteiger partial charge in [-0.3, -0.25) is 9.69 Å². The Labute approximate surface area is 186 Å². The monoisotopic (exact) mass is 433 g/mol. The summed E-state index contributed by atoms with van der Waals surface area (Å²) in [5, 5.41) is 2.78. The number of hydrogen-bond acceptors (Lipinski definition) is 3. The highest BCUT2D eigenvalue weighted by Crippen LogP contribution is 2.24. The average molecular weight is 433 g/mol. The van der Waals surface area contributed by atoms with Crippen molar-refractivity contribution in [1.29, 1.82) is 0 Å². The van der Waals surface area contributed by atoms with Crippen molar-refractivity contribution in [2.45, 2.75) is 13.0 Å². The van der Waals surface area contributed by atoms with Crippen LogP contribution in [0.5, 0.6) is 5.75 Å². The number of ether oxygens (including phenoxy) is 1. The van der Waals surface area contributed by atoms with Crippen molar-refractivity contribution < 1.29 is 18.7 Å². The third-order valence-electron chi connectivity index (χ3n) is 5.21. The Hall–Kier alpha value is -3.87. The number of rotatable bonds is 7. The largest absolute Gasteiger partial charge is 0.484 e. The summed E-state index contributed by atoms with van der Waals surface area (Å²) in [7, 11) is 0. The molecule has 0 unspecified atom stereocenters. The molecule has 164 valence electrons. The molecule has 0 atom stereocenters. The Bertz CT molecular complexity index is 1070. The smallest absolute Gasteiger partial charge is 0.324 e. The average Bonchev–Trinajstić information content (AvgIpc) is 2.82. The normalized spacial score (nSPS) is 13.7. The lowest BCUT2D eigenvalue weighted by Crippen LogP contribution is -2.49. The van der Waals surface area contributed by atoms with Gasteiger partial charge in [0.05, 0.1) is 6.54 Å². The first-order chi connectivity index (χ1) is 15.6. The number of benzene rings is 3. The minimum atomic E-state index is -0.311. The molecule has 0 saturated carbocycles. The van der Waals surface area contributed by atoms with Gasteiger partial charge in [0.15, 0.2) is 6.61 Å². The van der Waals surface area contributed by atoms with Gasteiger partial charge in [-0.25, -0.2) is 9.18 Å². The number of para-hydroxylation sites is 1. The van der Waals surface area contributed by atoms with Gasteiger partial charge >= 0.3 is 6.03 Å². The molecule has 3 aromatic rings. The van der Waals surface area contributed by atoms with E-state index in [4.69, 9.17) is 4.74 Å². The molecule has 0 bridgehead atoms. The summed E-state index contributed by atoms with van der Waals surface area (Å²) in [5.74, 6) is 0.0435. The molecule has 1 saturated heterocycles. The Balaban J connectivity index is 1.35. The Morgan fingerprint density at radius 3 is 2.41 bits per heavy atom. The molecule has 7 heteroatoms. The molecule has 3 amide bonds. The molecular weight excluding hydrogens is 409 g/mol. The van der Waals surface area contributed by atoms with Crippen LogP contribution in [0.2, 0.25) is 0 Å². The van der Waals surface area contributed by atoms with Gasteiger partial charge in [0.1, 0.15) is 11.6 Å². The summed E-state index contributed by atoms with van der Waals surface area (Å²) in [5.41, 5.74) is 1.84. The third kappa shape index (κ3) is 5.24. The third-order valence-corrected chi connectivity index (χ3v) is 5.21. The lowest BCUT2D eigenvalue weighted by Gasteiger charge is -2.35. The number of nitrogens with one attached hydrogen (secondary N) is 1. The molecule has 32 heavy (non-hydrogen) atoms. The van der Waals surface area contributed by atoms with E-state index in [1.54, 1.807) is 64.4 Å². The highest BCUT2D eigenvalue weighted by Gasteiger charge is 2.27. The van der Waals surface area contributed by atoms with Crippen molar-refractivity contribution in [2.75, 3.05) is 29.9 Å². The fraction of sp³-hybridized carbons (Fsp3) is 0.200. The fourth-order valence-electron chi connectivity index (χ4n) is 3.59. The predicted molar refractivity (Wildman–Crippen MR) is 121 cm³/mol. The molecule has 1 heterocycles. The molecule has 0 aliphatic carbocycles. The molecule has 0 radical (unpaired) electrons. The molecule has 1 aliphatic heterocycles. The molecule has 0 aromatic heterocycles. The van der Waals surface area contributed by atoms with Gasteiger partial charge in [-0.15, -0.1) is 0 Å². The number of carbonyl (C=O) groups excluding carboxylic acids is 2. The van der Waals surface area contributed by atoms with Gasteiger partial charge in [0.25, 0.3) is 5.91 Å². The Morgan fingerprint density at radius 2 is 1.66 bits per heavy atom. The molecule has 1 N–H and O–H groups in total. The first-order valence-corrected chi connectivity index (χ1v) is 10.5. The number of anilines is 2. The Morgan fingerprint density at radius 1 is 0.938 bits per heavy atom. The first kappa shape index (κ1) is 21.4. The van der Waals surface area contributed by atoms with E-state index in [-0.39, 0.29) is 30.9 Å². The maximum atomic E-state index is 14.0. The number of carbonyl (C=O) groups is 2. The number of urea groups is 1. The van der Waals surface area contributed by atoms with Crippen LogP contribution in [0.15, 0.2) is 78.9 Å². The summed E-state index contributed by atoms with van der Waals surface area (Å²) in [4.78, 5) is 28.4. The van der Waals surface area contributed by atoms with Crippen LogP contribution in [0.4, 0.5) is 20.6 Å². The quantitative estimate of drug-likeness (QED) is 0.589. The highest BCUT2D eigenvalue weighted by atomic mass is 19.1. The standard InChI is InChI=1S/C25H24FN3O3/c26-23-10-5-4-7-19(23)17-28-15-6-16-29(25(28)31)21-13-11-20(12-14-21)27-24(30)18-32-22-8-2-1-3-9-22/h1-5,7-14H,6,15-18H2,(H,27,30). The minimum absolute atomic E-state index is 0.0959. The SMILES string of the molecule is O=C(COc1ccccc1)Nc1ccc(N2CCCN(Cc3ccccc3F)C2=O)cc1. The zero-order valence-electron chi connectivity index (χ0n) is 17.5. The van der Waals surface area contributed by atoms with Crippen molar-refractivity contribution >= 4 is 23.3 Å². The maximum absolute atomic E-state index is 14.0. The van der Waals surface area contributed by atoms with Gasteiger partial charge in [-0.2, -0.15) is 0 Å². The second kappa shape index (κ2) is 9.96. The number of hydrogen-bond donors (Lipinski definition) is 1. The van der Waals surface area contributed by atoms with E-state index in [1.165, 1.54) is 6.07 Å². The van der Waals surface area contributed by atoms with Crippen LogP contribution >= 0.6 is 0 Å². The van der Waals surface area contributed by atoms with Crippen molar-refractivity contribution in [1.82, 2.24) is 4.90 Å². The van der Waals surface area contributed by atoms with Gasteiger partial charge in [-0.1, -0.05) is 36.4 Å². The Kier molecular flexibility index (Phi) is 6.65. The van der Waals surface area contributed by atoms with Gasteiger partial charge in [-0.05, 0) is 48.9 Å². The fourth-order valence-corrected chi connectivity index (χ4v) is 3.59. The molecule has 1 aliphatic rings. The second-order valence-corrected chi connectivity index (χ2v) is 7.50. The summed E-state index contributed by atoms with van der Waals surface area (Å²) >= 11 is 0. The van der Waals surface area contributed by atoms with E-state index in [0.29, 0.717) is 30.1 Å². The molecular formula is C25H24FN3O3. The van der Waals surface area contributed by atoms with Crippen LogP contribution in [-0.4, -0.2) is 36.5 Å². The van der Waals surface area contributed by atoms with E-state index >= 15 is 0 Å². The van der Waals surface area contributed by atoms with Crippen molar-refractivity contribution in [2.24, 2.45) is 0 Å². The topological polar surface area (TPSA) is 61.9 Å². The predicted octanol–water partition coefficient (Wildman–Crippen LogP) is 4.68. The summed E-state index contributed by atoms with van der Waals surface area (Å²) < 4.78 is 19.4. The molecule has 0 spiro atoms. The van der Waals surface area contributed by atoms with Crippen LogP contribution in [0.3, 0.4) is 0 Å². The lowest BCUT2D eigenvalue weighted by molar-refractivity contribution is -0.118. The van der Waals surface area contributed by atoms with Crippen LogP contribution in [0, 0.1) is 5.82 Å². The van der Waals surface area contributed by atoms with Crippen molar-refractivity contribution in [3.8, 4) is 5.75 Å². The molecule has 4 rings (SSSR count). The number of amides is 3. The second-order valence-electron chi connectivity index (χ2n) is 7.50. The molecule has 6 nitrogen and oxygen atoms in total. The number of halogens is 1. The summed E-state index contributed by atoms with van der Waals surface area (Å²) in [6, 6.07) is 22.5. The van der Waals surface area contributed by atoms with E-state index in [0.717, 1.165) is 12.1 Å². The van der Waals surface area contributed by atoms with Gasteiger partial charge in [0, 0.05) is 30.0 Å². The highest BCUT2D eigenvalue weighted by molar-refractivity contribution is 5.94. The van der Waals surface area contributed by atoms with Crippen LogP contribution in [-0.2, 0) is 11.3 Å². The summed E-state index contributed by atoms with van der Waals surface area (Å²) in [6.07, 6.45) is 0.787. The molecule has 3 aromatic carbocycles. The lowest BCUT2D eigenvalue weighted by atomic mass is 10.1. The zero-order chi connectivity index (χ0) is 22.3. The van der Waals surface area contributed by atoms with E-state index < -0.39 is 0 Å². The number of nitrogens with zero attached hydrogens (tertiary/aromatic N) is 2. The van der Waals surface area contributed by atoms with Crippen molar-refractivity contribution in [3.63, 3.8) is 0 Å². The van der Waals surface area contributed by atoms with Gasteiger partial charge < -0.3 is 15.0 Å². The van der Waals surface area contributed by atoms with Crippen LogP contribution < -0.4 is 15.0 Å². The van der Waals surface area contributed by atoms with Crippen LogP contribution in [0.1, 0.15) is 12.0 Å². The minimum Gasteiger partial charge on any atom is -0.484 e. The zero-order valence-corrected chi connectivity index (χ0v) is 17.5. The van der Waals surface area contributed by atoms with E-state index in [9.17, 15) is 14.0 Å². The van der Waals surface area contributed by atoms with Gasteiger partial charge in [0.2, 0.25) is 0 Å². The van der Waals surface area contributed by atoms with Crippen molar-refractivity contribution in [3.05, 3.63) is 90.2 Å². The van der Waals surface area contributed by atoms with E-state index in [2.05, 4.69) is 5.32 Å². The maximum Gasteiger partial charge on any atom is 0.324 e. The molecule has 1 fully saturated rings. The van der Waals surface area contributed by atoms with E-state index in [1.807, 2.05) is 18.2 Å².